The zero-order chi connectivity index (χ0) is 51.3. The number of carbonyl (C=O) groups excluding carboxylic acids is 1. The zero-order valence-corrected chi connectivity index (χ0v) is 48.3. The number of hydrogen-bond acceptors (Lipinski definition) is 3. The Morgan fingerprint density at radius 3 is 0.901 bits per heavy atom. The largest absolute Gasteiger partial charge is 0.394 e. The average Bonchev–Trinajstić information content (AvgIpc) is 3.37. The molecular formula is C67H127NO3. The number of rotatable bonds is 60. The number of amides is 1. The van der Waals surface area contributed by atoms with Crippen LogP contribution in [0.5, 0.6) is 0 Å². The Balaban J connectivity index is 3.46. The molecule has 71 heavy (non-hydrogen) atoms. The maximum atomic E-state index is 12.5. The van der Waals surface area contributed by atoms with Gasteiger partial charge in [0.1, 0.15) is 0 Å². The average molecular weight is 995 g/mol. The maximum absolute atomic E-state index is 12.5. The Morgan fingerprint density at radius 1 is 0.338 bits per heavy atom. The highest BCUT2D eigenvalue weighted by molar-refractivity contribution is 5.76. The molecule has 0 saturated heterocycles. The molecule has 4 nitrogen and oxygen atoms in total. The van der Waals surface area contributed by atoms with Gasteiger partial charge in [-0.15, -0.1) is 0 Å². The highest BCUT2D eigenvalue weighted by atomic mass is 16.3. The van der Waals surface area contributed by atoms with E-state index in [1.54, 1.807) is 6.08 Å². The van der Waals surface area contributed by atoms with Gasteiger partial charge in [0.05, 0.1) is 18.8 Å². The Hall–Kier alpha value is -1.65. The third-order valence-electron chi connectivity index (χ3n) is 15.0. The van der Waals surface area contributed by atoms with Gasteiger partial charge in [-0.25, -0.2) is 0 Å². The molecule has 0 aliphatic rings. The van der Waals surface area contributed by atoms with Crippen molar-refractivity contribution in [3.05, 3.63) is 48.6 Å². The van der Waals surface area contributed by atoms with Gasteiger partial charge in [-0.3, -0.25) is 4.79 Å². The monoisotopic (exact) mass is 994 g/mol. The first-order chi connectivity index (χ1) is 35.2. The molecule has 4 heteroatoms. The van der Waals surface area contributed by atoms with Crippen LogP contribution in [0.3, 0.4) is 0 Å². The van der Waals surface area contributed by atoms with Crippen molar-refractivity contribution in [2.45, 2.75) is 366 Å². The summed E-state index contributed by atoms with van der Waals surface area (Å²) in [7, 11) is 0. The minimum absolute atomic E-state index is 0.0674. The summed E-state index contributed by atoms with van der Waals surface area (Å²) in [5, 5.41) is 23.2. The number of aliphatic hydroxyl groups is 2. The first-order valence-corrected chi connectivity index (χ1v) is 32.4. The van der Waals surface area contributed by atoms with Crippen LogP contribution < -0.4 is 5.32 Å². The Bertz CT molecular complexity index is 1130. The lowest BCUT2D eigenvalue weighted by molar-refractivity contribution is -0.123. The van der Waals surface area contributed by atoms with E-state index >= 15 is 0 Å². The molecule has 2 atom stereocenters. The van der Waals surface area contributed by atoms with Gasteiger partial charge in [0.15, 0.2) is 0 Å². The van der Waals surface area contributed by atoms with Crippen LogP contribution in [-0.4, -0.2) is 34.9 Å². The molecule has 418 valence electrons. The zero-order valence-electron chi connectivity index (χ0n) is 48.3. The van der Waals surface area contributed by atoms with Crippen LogP contribution in [0, 0.1) is 0 Å². The highest BCUT2D eigenvalue weighted by Gasteiger charge is 2.18. The SMILES string of the molecule is CCCCCCC/C=C\C/C=C\CCCCCCCCCCCCCCCCCCCCCCCC(=O)NC(CO)C(O)/C=C/CC/C=C/CCCCCCCCCCCCCCCCCCCCCC. The van der Waals surface area contributed by atoms with Crippen molar-refractivity contribution in [3.8, 4) is 0 Å². The van der Waals surface area contributed by atoms with Gasteiger partial charge in [0, 0.05) is 6.42 Å². The molecule has 2 unspecified atom stereocenters. The number of carbonyl (C=O) groups is 1. The number of allylic oxidation sites excluding steroid dienone is 7. The predicted octanol–water partition coefficient (Wildman–Crippen LogP) is 21.8. The van der Waals surface area contributed by atoms with Crippen LogP contribution in [0.25, 0.3) is 0 Å². The molecule has 0 aliphatic carbocycles. The van der Waals surface area contributed by atoms with E-state index in [2.05, 4.69) is 55.6 Å². The van der Waals surface area contributed by atoms with Gasteiger partial charge in [-0.2, -0.15) is 0 Å². The van der Waals surface area contributed by atoms with Gasteiger partial charge < -0.3 is 15.5 Å². The normalized spacial score (nSPS) is 13.0. The van der Waals surface area contributed by atoms with E-state index in [9.17, 15) is 15.0 Å². The standard InChI is InChI=1S/C67H127NO3/c1-3-5-7-9-11-13-15-17-19-21-23-25-27-29-31-32-33-34-35-36-37-39-41-43-45-47-49-51-53-55-57-59-61-63-67(71)68-65(64-69)66(70)62-60-58-56-54-52-50-48-46-44-42-40-38-30-28-26-24-22-20-18-16-14-12-10-8-6-4-2/h15,17,21,23,52,54,60,62,65-66,69-70H,3-14,16,18-20,22,24-51,53,55-59,61,63-64H2,1-2H3,(H,68,71)/b17-15-,23-21-,54-52+,62-60+. The highest BCUT2D eigenvalue weighted by Crippen LogP contribution is 2.18. The molecule has 0 bridgehead atoms. The molecule has 0 spiro atoms. The van der Waals surface area contributed by atoms with Crippen molar-refractivity contribution in [1.82, 2.24) is 5.32 Å². The van der Waals surface area contributed by atoms with Crippen molar-refractivity contribution < 1.29 is 15.0 Å². The summed E-state index contributed by atoms with van der Waals surface area (Å²) in [6.07, 6.45) is 87.5. The van der Waals surface area contributed by atoms with Crippen LogP contribution in [0.15, 0.2) is 48.6 Å². The van der Waals surface area contributed by atoms with Crippen molar-refractivity contribution in [2.75, 3.05) is 6.61 Å². The predicted molar refractivity (Wildman–Crippen MR) is 318 cm³/mol. The fourth-order valence-electron chi connectivity index (χ4n) is 10.1. The van der Waals surface area contributed by atoms with Gasteiger partial charge in [0.2, 0.25) is 5.91 Å². The second kappa shape index (κ2) is 62.6. The van der Waals surface area contributed by atoms with Crippen LogP contribution in [0.2, 0.25) is 0 Å². The van der Waals surface area contributed by atoms with E-state index in [1.807, 2.05) is 6.08 Å². The minimum Gasteiger partial charge on any atom is -0.394 e. The van der Waals surface area contributed by atoms with E-state index in [1.165, 1.54) is 295 Å². The molecular weight excluding hydrogens is 867 g/mol. The second-order valence-electron chi connectivity index (χ2n) is 22.2. The lowest BCUT2D eigenvalue weighted by Gasteiger charge is -2.19. The third kappa shape index (κ3) is 59.1. The minimum atomic E-state index is -0.863. The van der Waals surface area contributed by atoms with Crippen LogP contribution in [-0.2, 0) is 4.79 Å². The van der Waals surface area contributed by atoms with E-state index in [-0.39, 0.29) is 12.5 Å². The van der Waals surface area contributed by atoms with Crippen molar-refractivity contribution in [1.29, 1.82) is 0 Å². The maximum Gasteiger partial charge on any atom is 0.220 e. The summed E-state index contributed by atoms with van der Waals surface area (Å²) in [6, 6.07) is -0.640. The van der Waals surface area contributed by atoms with Crippen molar-refractivity contribution in [3.63, 3.8) is 0 Å². The van der Waals surface area contributed by atoms with Gasteiger partial charge in [-0.05, 0) is 64.2 Å². The lowest BCUT2D eigenvalue weighted by atomic mass is 10.0. The van der Waals surface area contributed by atoms with E-state index < -0.39 is 12.1 Å². The Morgan fingerprint density at radius 2 is 0.592 bits per heavy atom. The van der Waals surface area contributed by atoms with E-state index in [4.69, 9.17) is 0 Å². The summed E-state index contributed by atoms with van der Waals surface area (Å²) in [5.41, 5.74) is 0. The van der Waals surface area contributed by atoms with E-state index in [0.717, 1.165) is 38.5 Å². The molecule has 0 aromatic carbocycles. The first-order valence-electron chi connectivity index (χ1n) is 32.4. The summed E-state index contributed by atoms with van der Waals surface area (Å²) in [4.78, 5) is 12.5. The number of nitrogens with one attached hydrogen (secondary N) is 1. The fourth-order valence-corrected chi connectivity index (χ4v) is 10.1. The van der Waals surface area contributed by atoms with Gasteiger partial charge in [-0.1, -0.05) is 332 Å². The molecule has 0 aromatic rings. The van der Waals surface area contributed by atoms with E-state index in [0.29, 0.717) is 6.42 Å². The summed E-state index contributed by atoms with van der Waals surface area (Å²) in [6.45, 7) is 4.33. The first kappa shape index (κ1) is 69.3. The van der Waals surface area contributed by atoms with Crippen molar-refractivity contribution >= 4 is 5.91 Å². The topological polar surface area (TPSA) is 69.6 Å². The van der Waals surface area contributed by atoms with Crippen molar-refractivity contribution in [2.24, 2.45) is 0 Å². The third-order valence-corrected chi connectivity index (χ3v) is 15.0. The van der Waals surface area contributed by atoms with Crippen LogP contribution in [0.1, 0.15) is 354 Å². The summed E-state index contributed by atoms with van der Waals surface area (Å²) < 4.78 is 0. The smallest absolute Gasteiger partial charge is 0.220 e. The van der Waals surface area contributed by atoms with Crippen LogP contribution in [0.4, 0.5) is 0 Å². The molecule has 1 amide bonds. The fraction of sp³-hybridized carbons (Fsp3) is 0.866. The van der Waals surface area contributed by atoms with Gasteiger partial charge in [0.25, 0.3) is 0 Å². The number of unbranched alkanes of at least 4 members (excludes halogenated alkanes) is 47. The Labute approximate surface area is 445 Å². The summed E-state index contributed by atoms with van der Waals surface area (Å²) in [5.74, 6) is -0.0674. The Kier molecular flexibility index (Phi) is 61.2. The quantitative estimate of drug-likeness (QED) is 0.0420. The molecule has 0 aliphatic heterocycles. The second-order valence-corrected chi connectivity index (χ2v) is 22.2. The molecule has 0 heterocycles. The molecule has 0 fully saturated rings. The molecule has 3 N–H and O–H groups in total. The molecule has 0 radical (unpaired) electrons. The molecule has 0 rings (SSSR count). The van der Waals surface area contributed by atoms with Gasteiger partial charge >= 0.3 is 0 Å². The summed E-state index contributed by atoms with van der Waals surface area (Å²) >= 11 is 0. The molecule has 0 saturated carbocycles. The lowest BCUT2D eigenvalue weighted by Crippen LogP contribution is -2.45. The number of hydrogen-bond donors (Lipinski definition) is 3. The molecule has 0 aromatic heterocycles. The number of aliphatic hydroxyl groups excluding tert-OH is 2. The van der Waals surface area contributed by atoms with Crippen LogP contribution >= 0.6 is 0 Å².